The number of ether oxygens (including phenoxy) is 2. The quantitative estimate of drug-likeness (QED) is 0.603. The summed E-state index contributed by atoms with van der Waals surface area (Å²) in [5.41, 5.74) is 1.66. The molecule has 3 nitrogen and oxygen atoms in total. The maximum atomic E-state index is 12.2. The predicted molar refractivity (Wildman–Crippen MR) is 90.5 cm³/mol. The summed E-state index contributed by atoms with van der Waals surface area (Å²) in [5.74, 6) is 0.717. The van der Waals surface area contributed by atoms with E-state index in [0.29, 0.717) is 5.56 Å². The van der Waals surface area contributed by atoms with E-state index in [1.165, 1.54) is 0 Å². The van der Waals surface area contributed by atoms with Crippen molar-refractivity contribution < 1.29 is 14.3 Å². The Labute approximate surface area is 136 Å². The molecule has 1 aliphatic rings. The smallest absolute Gasteiger partial charge is 0.199 e. The van der Waals surface area contributed by atoms with Crippen LogP contribution in [0.4, 0.5) is 0 Å². The Morgan fingerprint density at radius 1 is 1.04 bits per heavy atom. The van der Waals surface area contributed by atoms with Crippen LogP contribution in [0.15, 0.2) is 60.7 Å². The van der Waals surface area contributed by atoms with Gasteiger partial charge in [0.15, 0.2) is 12.1 Å². The predicted octanol–water partition coefficient (Wildman–Crippen LogP) is 4.49. The molecule has 0 bridgehead atoms. The van der Waals surface area contributed by atoms with E-state index in [1.54, 1.807) is 18.2 Å². The van der Waals surface area contributed by atoms with Crippen LogP contribution in [0, 0.1) is 0 Å². The van der Waals surface area contributed by atoms with Gasteiger partial charge in [0, 0.05) is 12.0 Å². The van der Waals surface area contributed by atoms with Crippen molar-refractivity contribution in [1.82, 2.24) is 0 Å². The second kappa shape index (κ2) is 7.75. The van der Waals surface area contributed by atoms with E-state index in [2.05, 4.69) is 0 Å². The minimum absolute atomic E-state index is 0.0191. The Hall–Kier alpha value is -2.39. The molecule has 1 heterocycles. The molecular formula is C20H20O3. The van der Waals surface area contributed by atoms with E-state index in [1.807, 2.05) is 48.5 Å². The van der Waals surface area contributed by atoms with Crippen LogP contribution in [0.3, 0.4) is 0 Å². The average molecular weight is 308 g/mol. The molecule has 1 aliphatic heterocycles. The third kappa shape index (κ3) is 4.54. The zero-order chi connectivity index (χ0) is 15.9. The van der Waals surface area contributed by atoms with Crippen molar-refractivity contribution in [2.24, 2.45) is 0 Å². The molecule has 1 saturated heterocycles. The van der Waals surface area contributed by atoms with Crippen LogP contribution in [0.5, 0.6) is 5.75 Å². The normalized spacial score (nSPS) is 18.0. The highest BCUT2D eigenvalue weighted by Crippen LogP contribution is 2.20. The molecule has 2 aromatic rings. The van der Waals surface area contributed by atoms with E-state index in [-0.39, 0.29) is 12.1 Å². The number of rotatable bonds is 5. The van der Waals surface area contributed by atoms with Gasteiger partial charge in [-0.2, -0.15) is 0 Å². The summed E-state index contributed by atoms with van der Waals surface area (Å²) in [5, 5.41) is 0. The fourth-order valence-electron chi connectivity index (χ4n) is 2.49. The Morgan fingerprint density at radius 3 is 2.52 bits per heavy atom. The molecule has 2 aromatic carbocycles. The van der Waals surface area contributed by atoms with E-state index < -0.39 is 0 Å². The van der Waals surface area contributed by atoms with Gasteiger partial charge in [0.1, 0.15) is 5.75 Å². The molecule has 0 saturated carbocycles. The summed E-state index contributed by atoms with van der Waals surface area (Å²) in [4.78, 5) is 12.2. The molecule has 1 atom stereocenters. The highest BCUT2D eigenvalue weighted by molar-refractivity contribution is 6.06. The Morgan fingerprint density at radius 2 is 1.83 bits per heavy atom. The number of carbonyl (C=O) groups excluding carboxylic acids is 1. The maximum Gasteiger partial charge on any atom is 0.199 e. The van der Waals surface area contributed by atoms with Gasteiger partial charge in [-0.1, -0.05) is 36.4 Å². The van der Waals surface area contributed by atoms with Gasteiger partial charge < -0.3 is 9.47 Å². The van der Waals surface area contributed by atoms with Crippen molar-refractivity contribution in [2.45, 2.75) is 25.6 Å². The van der Waals surface area contributed by atoms with Crippen LogP contribution in [-0.4, -0.2) is 18.7 Å². The van der Waals surface area contributed by atoms with Gasteiger partial charge in [-0.3, -0.25) is 4.79 Å². The second-order valence-corrected chi connectivity index (χ2v) is 5.55. The molecule has 0 N–H and O–H groups in total. The fourth-order valence-corrected chi connectivity index (χ4v) is 2.49. The van der Waals surface area contributed by atoms with Crippen molar-refractivity contribution in [3.63, 3.8) is 0 Å². The van der Waals surface area contributed by atoms with Crippen LogP contribution in [0.2, 0.25) is 0 Å². The lowest BCUT2D eigenvalue weighted by molar-refractivity contribution is -0.105. The van der Waals surface area contributed by atoms with E-state index in [9.17, 15) is 4.79 Å². The summed E-state index contributed by atoms with van der Waals surface area (Å²) in [6, 6.07) is 17.0. The molecule has 23 heavy (non-hydrogen) atoms. The maximum absolute atomic E-state index is 12.2. The monoisotopic (exact) mass is 308 g/mol. The minimum atomic E-state index is -0.164. The number of ketones is 1. The SMILES string of the molecule is O=C(/C=C/c1ccccc1)c1ccc(OC2CCCCO2)cc1. The summed E-state index contributed by atoms with van der Waals surface area (Å²) in [6.07, 6.45) is 6.40. The van der Waals surface area contributed by atoms with Crippen LogP contribution in [0.25, 0.3) is 6.08 Å². The highest BCUT2D eigenvalue weighted by atomic mass is 16.7. The fraction of sp³-hybridized carbons (Fsp3) is 0.250. The Kier molecular flexibility index (Phi) is 5.22. The third-order valence-electron chi connectivity index (χ3n) is 3.77. The standard InChI is InChI=1S/C20H20O3/c21-19(14-9-16-6-2-1-3-7-16)17-10-12-18(13-11-17)23-20-8-4-5-15-22-20/h1-3,6-7,9-14,20H,4-5,8,15H2/b14-9+. The van der Waals surface area contributed by atoms with Gasteiger partial charge in [-0.15, -0.1) is 0 Å². The number of allylic oxidation sites excluding steroid dienone is 1. The third-order valence-corrected chi connectivity index (χ3v) is 3.77. The number of carbonyl (C=O) groups is 1. The molecular weight excluding hydrogens is 288 g/mol. The summed E-state index contributed by atoms with van der Waals surface area (Å²) in [7, 11) is 0. The van der Waals surface area contributed by atoms with Crippen LogP contribution < -0.4 is 4.74 Å². The molecule has 0 aliphatic carbocycles. The van der Waals surface area contributed by atoms with Gasteiger partial charge in [0.2, 0.25) is 0 Å². The Bertz CT molecular complexity index is 653. The van der Waals surface area contributed by atoms with E-state index >= 15 is 0 Å². The molecule has 3 heteroatoms. The number of hydrogen-bond donors (Lipinski definition) is 0. The zero-order valence-corrected chi connectivity index (χ0v) is 13.0. The topological polar surface area (TPSA) is 35.5 Å². The lowest BCUT2D eigenvalue weighted by Crippen LogP contribution is -2.24. The summed E-state index contributed by atoms with van der Waals surface area (Å²) >= 11 is 0. The van der Waals surface area contributed by atoms with Gasteiger partial charge in [-0.25, -0.2) is 0 Å². The zero-order valence-electron chi connectivity index (χ0n) is 13.0. The van der Waals surface area contributed by atoms with Gasteiger partial charge in [0.05, 0.1) is 6.61 Å². The summed E-state index contributed by atoms with van der Waals surface area (Å²) in [6.45, 7) is 0.755. The van der Waals surface area contributed by atoms with Crippen LogP contribution in [-0.2, 0) is 4.74 Å². The molecule has 3 rings (SSSR count). The van der Waals surface area contributed by atoms with Crippen molar-refractivity contribution in [3.05, 3.63) is 71.8 Å². The van der Waals surface area contributed by atoms with Gasteiger partial charge in [0.25, 0.3) is 0 Å². The lowest BCUT2D eigenvalue weighted by Gasteiger charge is -2.23. The molecule has 0 amide bonds. The number of benzene rings is 2. The highest BCUT2D eigenvalue weighted by Gasteiger charge is 2.15. The first kappa shape index (κ1) is 15.5. The van der Waals surface area contributed by atoms with Crippen molar-refractivity contribution in [2.75, 3.05) is 6.61 Å². The molecule has 118 valence electrons. The lowest BCUT2D eigenvalue weighted by atomic mass is 10.1. The first-order chi connectivity index (χ1) is 11.3. The van der Waals surface area contributed by atoms with Crippen LogP contribution >= 0.6 is 0 Å². The van der Waals surface area contributed by atoms with Crippen LogP contribution in [0.1, 0.15) is 35.2 Å². The second-order valence-electron chi connectivity index (χ2n) is 5.55. The first-order valence-electron chi connectivity index (χ1n) is 7.97. The molecule has 0 aromatic heterocycles. The largest absolute Gasteiger partial charge is 0.465 e. The minimum Gasteiger partial charge on any atom is -0.465 e. The van der Waals surface area contributed by atoms with E-state index in [0.717, 1.165) is 37.2 Å². The van der Waals surface area contributed by atoms with Gasteiger partial charge >= 0.3 is 0 Å². The van der Waals surface area contributed by atoms with Crippen molar-refractivity contribution >= 4 is 11.9 Å². The molecule has 0 radical (unpaired) electrons. The van der Waals surface area contributed by atoms with Crippen molar-refractivity contribution in [1.29, 1.82) is 0 Å². The number of hydrogen-bond acceptors (Lipinski definition) is 3. The van der Waals surface area contributed by atoms with Gasteiger partial charge in [-0.05, 0) is 48.7 Å². The first-order valence-corrected chi connectivity index (χ1v) is 7.97. The summed E-state index contributed by atoms with van der Waals surface area (Å²) < 4.78 is 11.3. The van der Waals surface area contributed by atoms with Crippen molar-refractivity contribution in [3.8, 4) is 5.75 Å². The molecule has 1 fully saturated rings. The average Bonchev–Trinajstić information content (AvgIpc) is 2.62. The molecule has 0 spiro atoms. The Balaban J connectivity index is 1.60. The van der Waals surface area contributed by atoms with E-state index in [4.69, 9.17) is 9.47 Å². The molecule has 1 unspecified atom stereocenters.